The zero-order valence-corrected chi connectivity index (χ0v) is 25.0. The minimum atomic E-state index is -2.44. The quantitative estimate of drug-likeness (QED) is 0.292. The smallest absolute Gasteiger partial charge is 0.280 e. The first kappa shape index (κ1) is 28.3. The van der Waals surface area contributed by atoms with Gasteiger partial charge in [-0.25, -0.2) is 0 Å². The van der Waals surface area contributed by atoms with E-state index in [1.807, 2.05) is 59.6 Å². The highest BCUT2D eigenvalue weighted by atomic mass is 16.7. The molecule has 8 rings (SSSR count). The van der Waals surface area contributed by atoms with Crippen molar-refractivity contribution in [3.8, 4) is 0 Å². The number of H-pyrrole nitrogens is 1. The van der Waals surface area contributed by atoms with E-state index in [0.717, 1.165) is 26.9 Å². The predicted octanol–water partition coefficient (Wildman–Crippen LogP) is 0.991. The fourth-order valence-corrected chi connectivity index (χ4v) is 8.24. The van der Waals surface area contributed by atoms with Gasteiger partial charge in [-0.3, -0.25) is 28.9 Å². The second-order valence-corrected chi connectivity index (χ2v) is 13.1. The van der Waals surface area contributed by atoms with Crippen LogP contribution in [0.5, 0.6) is 0 Å². The number of amides is 3. The number of nitrogens with zero attached hydrogens (tertiary/aromatic N) is 3. The average Bonchev–Trinajstić information content (AvgIpc) is 3.72. The van der Waals surface area contributed by atoms with Gasteiger partial charge < -0.3 is 30.5 Å². The zero-order valence-electron chi connectivity index (χ0n) is 25.0. The summed E-state index contributed by atoms with van der Waals surface area (Å²) in [5.74, 6) is -4.86. The average molecular weight is 614 g/mol. The first-order valence-corrected chi connectivity index (χ1v) is 15.4. The zero-order chi connectivity index (χ0) is 31.5. The van der Waals surface area contributed by atoms with E-state index in [-0.39, 0.29) is 24.9 Å². The van der Waals surface area contributed by atoms with Crippen LogP contribution < -0.4 is 5.32 Å². The number of aliphatic hydroxyl groups is 3. The second-order valence-electron chi connectivity index (χ2n) is 13.1. The third-order valence-corrected chi connectivity index (χ3v) is 10.4. The van der Waals surface area contributed by atoms with Crippen molar-refractivity contribution in [1.82, 2.24) is 25.0 Å². The molecule has 4 aliphatic heterocycles. The summed E-state index contributed by atoms with van der Waals surface area (Å²) >= 11 is 0. The lowest BCUT2D eigenvalue weighted by molar-refractivity contribution is -0.315. The Hall–Kier alpha value is -4.23. The molecule has 0 saturated carbocycles. The lowest BCUT2D eigenvalue weighted by Gasteiger charge is -2.48. The molecule has 1 aromatic heterocycles. The molecule has 2 aromatic carbocycles. The summed E-state index contributed by atoms with van der Waals surface area (Å²) in [5, 5.41) is 39.1. The number of rotatable bonds is 4. The molecule has 234 valence electrons. The molecule has 12 heteroatoms. The summed E-state index contributed by atoms with van der Waals surface area (Å²) in [4.78, 5) is 49.7. The van der Waals surface area contributed by atoms with Crippen molar-refractivity contribution in [2.24, 2.45) is 0 Å². The largest absolute Gasteiger partial charge is 0.508 e. The number of likely N-dealkylation sites (N-methyl/N-ethyl adjacent to an activating group) is 1. The van der Waals surface area contributed by atoms with Gasteiger partial charge in [-0.2, -0.15) is 0 Å². The number of benzene rings is 2. The van der Waals surface area contributed by atoms with Gasteiger partial charge in [-0.05, 0) is 56.0 Å². The molecule has 6 atom stereocenters. The van der Waals surface area contributed by atoms with Crippen molar-refractivity contribution in [1.29, 1.82) is 0 Å². The van der Waals surface area contributed by atoms with Crippen LogP contribution in [0.4, 0.5) is 0 Å². The number of aliphatic hydroxyl groups excluding tert-OH is 1. The van der Waals surface area contributed by atoms with Gasteiger partial charge in [0.2, 0.25) is 17.2 Å². The predicted molar refractivity (Wildman–Crippen MR) is 161 cm³/mol. The maximum Gasteiger partial charge on any atom is 0.280 e. The molecule has 0 radical (unpaired) electrons. The maximum atomic E-state index is 14.2. The van der Waals surface area contributed by atoms with Gasteiger partial charge in [0.05, 0.1) is 0 Å². The minimum Gasteiger partial charge on any atom is -0.508 e. The number of carbonyl (C=O) groups excluding carboxylic acids is 3. The van der Waals surface area contributed by atoms with Crippen molar-refractivity contribution in [3.63, 3.8) is 0 Å². The molecular weight excluding hydrogens is 578 g/mol. The molecule has 5 aliphatic rings. The number of nitrogens with one attached hydrogen (secondary N) is 2. The molecular formula is C33H35N5O7. The number of fused-ring (bicyclic) bond motifs is 5. The summed E-state index contributed by atoms with van der Waals surface area (Å²) in [6.07, 6.45) is 3.67. The van der Waals surface area contributed by atoms with Gasteiger partial charge in [0, 0.05) is 48.2 Å². The van der Waals surface area contributed by atoms with E-state index >= 15 is 0 Å². The van der Waals surface area contributed by atoms with E-state index in [2.05, 4.69) is 10.3 Å². The Morgan fingerprint density at radius 3 is 2.69 bits per heavy atom. The van der Waals surface area contributed by atoms with Crippen molar-refractivity contribution in [2.45, 2.75) is 68.0 Å². The van der Waals surface area contributed by atoms with E-state index in [4.69, 9.17) is 4.74 Å². The van der Waals surface area contributed by atoms with Crippen molar-refractivity contribution in [3.05, 3.63) is 77.2 Å². The Morgan fingerprint density at radius 2 is 1.91 bits per heavy atom. The number of piperazine rings is 1. The topological polar surface area (TPSA) is 159 Å². The monoisotopic (exact) mass is 613 g/mol. The van der Waals surface area contributed by atoms with Crippen molar-refractivity contribution >= 4 is 34.2 Å². The van der Waals surface area contributed by atoms with Crippen LogP contribution in [-0.2, 0) is 32.0 Å². The van der Waals surface area contributed by atoms with Crippen LogP contribution in [0.1, 0.15) is 36.5 Å². The van der Waals surface area contributed by atoms with E-state index in [9.17, 15) is 29.7 Å². The van der Waals surface area contributed by atoms with Crippen molar-refractivity contribution in [2.75, 3.05) is 20.1 Å². The molecule has 12 nitrogen and oxygen atoms in total. The number of aromatic nitrogens is 1. The van der Waals surface area contributed by atoms with E-state index in [1.54, 1.807) is 11.9 Å². The fourth-order valence-electron chi connectivity index (χ4n) is 8.24. The van der Waals surface area contributed by atoms with Gasteiger partial charge in [0.15, 0.2) is 0 Å². The molecule has 45 heavy (non-hydrogen) atoms. The summed E-state index contributed by atoms with van der Waals surface area (Å²) < 4.78 is 6.12. The summed E-state index contributed by atoms with van der Waals surface area (Å²) in [6.45, 7) is 1.47. The lowest BCUT2D eigenvalue weighted by Crippen LogP contribution is -2.71. The fraction of sp³-hybridized carbons (Fsp3) is 0.424. The van der Waals surface area contributed by atoms with Crippen LogP contribution in [0.3, 0.4) is 0 Å². The Balaban J connectivity index is 1.16. The van der Waals surface area contributed by atoms with E-state index in [1.165, 1.54) is 6.92 Å². The van der Waals surface area contributed by atoms with Gasteiger partial charge in [-0.1, -0.05) is 42.5 Å². The van der Waals surface area contributed by atoms with E-state index in [0.29, 0.717) is 36.9 Å². The number of carbonyl (C=O) groups is 3. The lowest BCUT2D eigenvalue weighted by atomic mass is 9.77. The normalized spacial score (nSPS) is 34.3. The van der Waals surface area contributed by atoms with Gasteiger partial charge in [0.1, 0.15) is 17.8 Å². The molecule has 3 saturated heterocycles. The summed E-state index contributed by atoms with van der Waals surface area (Å²) in [5.41, 5.74) is -0.681. The van der Waals surface area contributed by atoms with Gasteiger partial charge in [0.25, 0.3) is 17.7 Å². The third kappa shape index (κ3) is 3.76. The van der Waals surface area contributed by atoms with Crippen LogP contribution >= 0.6 is 0 Å². The van der Waals surface area contributed by atoms with Gasteiger partial charge in [-0.15, -0.1) is 0 Å². The molecule has 5 heterocycles. The Labute approximate surface area is 258 Å². The molecule has 0 spiro atoms. The molecule has 3 unspecified atom stereocenters. The Kier molecular flexibility index (Phi) is 5.90. The second kappa shape index (κ2) is 9.39. The van der Waals surface area contributed by atoms with Crippen LogP contribution in [0.2, 0.25) is 0 Å². The highest BCUT2D eigenvalue weighted by Gasteiger charge is 2.70. The third-order valence-electron chi connectivity index (χ3n) is 10.4. The Bertz CT molecular complexity index is 1810. The molecule has 1 aliphatic carbocycles. The summed E-state index contributed by atoms with van der Waals surface area (Å²) in [7, 11) is 1.77. The first-order valence-electron chi connectivity index (χ1n) is 15.4. The molecule has 3 aromatic rings. The molecule has 3 fully saturated rings. The minimum absolute atomic E-state index is 0.139. The van der Waals surface area contributed by atoms with E-state index < -0.39 is 46.9 Å². The molecule has 0 bridgehead atoms. The number of β-amino-alcohol motifs (C(OH)–C–C–N with tert-alkyl or cyclic N) is 1. The Morgan fingerprint density at radius 1 is 1.13 bits per heavy atom. The highest BCUT2D eigenvalue weighted by Crippen LogP contribution is 2.47. The maximum absolute atomic E-state index is 14.2. The van der Waals surface area contributed by atoms with Crippen LogP contribution in [0.25, 0.3) is 16.5 Å². The standard InChI is InChI=1S/C33H35N5O7/c1-31(30(42)38-23(14-18-8-4-3-5-9-18)28(40)37-13-7-12-24(37)33(38,44)45-31)35-29(41)32(43)17-36(2)22-15-19-16-34-21-11-6-10-20(25(19)21)26(22)27(32)39/h3-6,8-11,16,22-24,34,39,43-44H,7,12-15,17H2,1-2H3,(H,35,41)/t22-,23?,24+,31?,32-,33?/m1/s1. The first-order chi connectivity index (χ1) is 21.5. The van der Waals surface area contributed by atoms with Gasteiger partial charge >= 0.3 is 0 Å². The molecule has 3 amide bonds. The van der Waals surface area contributed by atoms with Crippen LogP contribution in [0, 0.1) is 0 Å². The number of ether oxygens (including phenoxy) is 1. The highest BCUT2D eigenvalue weighted by molar-refractivity contribution is 6.03. The van der Waals surface area contributed by atoms with Crippen LogP contribution in [0.15, 0.2) is 60.5 Å². The van der Waals surface area contributed by atoms with Crippen LogP contribution in [-0.4, -0.2) is 108 Å². The number of hydrogen-bond donors (Lipinski definition) is 5. The number of hydrogen-bond acceptors (Lipinski definition) is 8. The summed E-state index contributed by atoms with van der Waals surface area (Å²) in [6, 6.07) is 12.6. The van der Waals surface area contributed by atoms with Crippen molar-refractivity contribution < 1.29 is 34.4 Å². The number of aromatic amines is 1. The SMILES string of the molecule is CN1C[C@](O)(C(=O)NC2(C)OC3(O)[C@@H]4CCCN4C(=O)C(Cc4ccccc4)N3C2=O)C(O)=C2c3cccc4[nH]cc(c34)C[C@H]21. The molecule has 5 N–H and O–H groups in total.